The first-order valence-corrected chi connectivity index (χ1v) is 12.8. The summed E-state index contributed by atoms with van der Waals surface area (Å²) in [6.45, 7) is 0.277. The molecule has 0 atom stereocenters. The van der Waals surface area contributed by atoms with Crippen LogP contribution in [0, 0.1) is 0 Å². The maximum absolute atomic E-state index is 12.4. The van der Waals surface area contributed by atoms with E-state index in [0.717, 1.165) is 20.8 Å². The number of nitrogens with one attached hydrogen (secondary N) is 1. The third-order valence-electron chi connectivity index (χ3n) is 4.72. The van der Waals surface area contributed by atoms with Crippen LogP contribution in [-0.4, -0.2) is 37.2 Å². The van der Waals surface area contributed by atoms with E-state index in [9.17, 15) is 13.2 Å². The van der Waals surface area contributed by atoms with Crippen LogP contribution in [0.25, 0.3) is 20.8 Å². The minimum Gasteiger partial charge on any atom is -0.326 e. The molecule has 0 fully saturated rings. The molecule has 0 unspecified atom stereocenters. The number of carbonyl (C=O) groups is 1. The first-order chi connectivity index (χ1) is 14.9. The Hall–Kier alpha value is -2.59. The Labute approximate surface area is 189 Å². The van der Waals surface area contributed by atoms with Gasteiger partial charge in [0, 0.05) is 31.3 Å². The van der Waals surface area contributed by atoms with Crippen LogP contribution in [0.2, 0.25) is 0 Å². The van der Waals surface area contributed by atoms with Gasteiger partial charge in [0.05, 0.1) is 10.2 Å². The molecule has 1 N–H and O–H groups in total. The van der Waals surface area contributed by atoms with Crippen molar-refractivity contribution in [3.8, 4) is 10.6 Å². The molecule has 9 heteroatoms. The molecular weight excluding hydrogens is 450 g/mol. The van der Waals surface area contributed by atoms with Crippen LogP contribution in [0.1, 0.15) is 12.8 Å². The quantitative estimate of drug-likeness (QED) is 0.389. The molecule has 31 heavy (non-hydrogen) atoms. The van der Waals surface area contributed by atoms with Crippen molar-refractivity contribution in [2.45, 2.75) is 17.1 Å². The zero-order valence-corrected chi connectivity index (χ0v) is 19.3. The minimum atomic E-state index is -3.49. The number of carbonyl (C=O) groups excluding carboxylic acids is 1. The number of anilines is 1. The fourth-order valence-electron chi connectivity index (χ4n) is 3.10. The highest BCUT2D eigenvalue weighted by Crippen LogP contribution is 2.31. The second kappa shape index (κ2) is 9.27. The normalized spacial score (nSPS) is 11.8. The second-order valence-corrected chi connectivity index (χ2v) is 11.2. The van der Waals surface area contributed by atoms with Gasteiger partial charge in [-0.1, -0.05) is 30.3 Å². The molecule has 2 heterocycles. The number of para-hydroxylation sites is 1. The third-order valence-corrected chi connectivity index (χ3v) is 9.04. The smallest absolute Gasteiger partial charge is 0.252 e. The van der Waals surface area contributed by atoms with E-state index in [-0.39, 0.29) is 18.9 Å². The molecule has 4 rings (SSSR count). The molecule has 0 saturated heterocycles. The van der Waals surface area contributed by atoms with E-state index in [1.54, 1.807) is 28.8 Å². The lowest BCUT2D eigenvalue weighted by atomic mass is 10.2. The molecule has 0 aliphatic rings. The van der Waals surface area contributed by atoms with Gasteiger partial charge >= 0.3 is 0 Å². The predicted molar refractivity (Wildman–Crippen MR) is 127 cm³/mol. The Morgan fingerprint density at radius 1 is 1.10 bits per heavy atom. The van der Waals surface area contributed by atoms with Crippen molar-refractivity contribution in [1.29, 1.82) is 0 Å². The molecule has 0 spiro atoms. The van der Waals surface area contributed by atoms with E-state index in [1.807, 2.05) is 48.5 Å². The Kier molecular flexibility index (Phi) is 6.47. The van der Waals surface area contributed by atoms with Gasteiger partial charge in [-0.3, -0.25) is 4.79 Å². The van der Waals surface area contributed by atoms with Gasteiger partial charge in [-0.15, -0.1) is 22.7 Å². The number of hydrogen-bond donors (Lipinski definition) is 1. The number of thiazole rings is 1. The van der Waals surface area contributed by atoms with Crippen molar-refractivity contribution in [2.24, 2.45) is 0 Å². The molecular formula is C22H21N3O3S3. The van der Waals surface area contributed by atoms with Crippen molar-refractivity contribution in [3.05, 3.63) is 66.0 Å². The first-order valence-electron chi connectivity index (χ1n) is 9.69. The SMILES string of the molecule is CN(CCCC(=O)Nc1cccc(-c2nc3ccccc3s2)c1)S(=O)(=O)c1cccs1. The third kappa shape index (κ3) is 5.01. The van der Waals surface area contributed by atoms with E-state index in [2.05, 4.69) is 10.3 Å². The number of amides is 1. The fourth-order valence-corrected chi connectivity index (χ4v) is 6.47. The number of rotatable bonds is 8. The number of sulfonamides is 1. The van der Waals surface area contributed by atoms with Crippen molar-refractivity contribution in [1.82, 2.24) is 9.29 Å². The van der Waals surface area contributed by atoms with Gasteiger partial charge in [0.1, 0.15) is 9.22 Å². The highest BCUT2D eigenvalue weighted by Gasteiger charge is 2.21. The highest BCUT2D eigenvalue weighted by molar-refractivity contribution is 7.91. The highest BCUT2D eigenvalue weighted by atomic mass is 32.2. The van der Waals surface area contributed by atoms with E-state index >= 15 is 0 Å². The van der Waals surface area contributed by atoms with Gasteiger partial charge in [-0.2, -0.15) is 0 Å². The fraction of sp³-hybridized carbons (Fsp3) is 0.182. The lowest BCUT2D eigenvalue weighted by Gasteiger charge is -2.15. The Bertz CT molecular complexity index is 1260. The molecule has 160 valence electrons. The maximum Gasteiger partial charge on any atom is 0.252 e. The lowest BCUT2D eigenvalue weighted by Crippen LogP contribution is -2.28. The summed E-state index contributed by atoms with van der Waals surface area (Å²) in [5.74, 6) is -0.150. The molecule has 4 aromatic rings. The Morgan fingerprint density at radius 2 is 1.94 bits per heavy atom. The monoisotopic (exact) mass is 471 g/mol. The summed E-state index contributed by atoms with van der Waals surface area (Å²) in [5.41, 5.74) is 2.60. The average molecular weight is 472 g/mol. The van der Waals surface area contributed by atoms with Crippen molar-refractivity contribution < 1.29 is 13.2 Å². The van der Waals surface area contributed by atoms with E-state index in [1.165, 1.54) is 22.7 Å². The van der Waals surface area contributed by atoms with E-state index in [4.69, 9.17) is 0 Å². The van der Waals surface area contributed by atoms with Crippen LogP contribution in [0.5, 0.6) is 0 Å². The topological polar surface area (TPSA) is 79.4 Å². The molecule has 0 bridgehead atoms. The maximum atomic E-state index is 12.4. The summed E-state index contributed by atoms with van der Waals surface area (Å²) in [4.78, 5) is 17.0. The number of hydrogen-bond acceptors (Lipinski definition) is 6. The van der Waals surface area contributed by atoms with Crippen molar-refractivity contribution >= 4 is 54.5 Å². The summed E-state index contributed by atoms with van der Waals surface area (Å²) in [6, 6.07) is 18.9. The van der Waals surface area contributed by atoms with E-state index < -0.39 is 10.0 Å². The number of fused-ring (bicyclic) bond motifs is 1. The van der Waals surface area contributed by atoms with Crippen LogP contribution in [0.3, 0.4) is 0 Å². The standard InChI is InChI=1S/C22H21N3O3S3/c1-25(31(27,28)21-12-6-14-29-21)13-5-11-20(26)23-17-8-4-7-16(15-17)22-24-18-9-2-3-10-19(18)30-22/h2-4,6-10,12,14-15H,5,11,13H2,1H3,(H,23,26). The Morgan fingerprint density at radius 3 is 2.71 bits per heavy atom. The summed E-state index contributed by atoms with van der Waals surface area (Å²) >= 11 is 2.80. The van der Waals surface area contributed by atoms with Crippen LogP contribution in [-0.2, 0) is 14.8 Å². The van der Waals surface area contributed by atoms with E-state index in [0.29, 0.717) is 16.3 Å². The zero-order valence-electron chi connectivity index (χ0n) is 16.8. The molecule has 2 aromatic carbocycles. The van der Waals surface area contributed by atoms with Crippen LogP contribution in [0.15, 0.2) is 70.3 Å². The molecule has 6 nitrogen and oxygen atoms in total. The summed E-state index contributed by atoms with van der Waals surface area (Å²) in [7, 11) is -1.95. The van der Waals surface area contributed by atoms with Gasteiger partial charge in [-0.05, 0) is 42.1 Å². The van der Waals surface area contributed by atoms with Gasteiger partial charge in [0.15, 0.2) is 0 Å². The average Bonchev–Trinajstić information content (AvgIpc) is 3.44. The second-order valence-electron chi connectivity index (χ2n) is 6.98. The van der Waals surface area contributed by atoms with Gasteiger partial charge in [0.2, 0.25) is 5.91 Å². The van der Waals surface area contributed by atoms with Gasteiger partial charge in [0.25, 0.3) is 10.0 Å². The number of thiophene rings is 1. The van der Waals surface area contributed by atoms with Crippen molar-refractivity contribution in [2.75, 3.05) is 18.9 Å². The lowest BCUT2D eigenvalue weighted by molar-refractivity contribution is -0.116. The summed E-state index contributed by atoms with van der Waals surface area (Å²) < 4.78 is 27.6. The van der Waals surface area contributed by atoms with Crippen molar-refractivity contribution in [3.63, 3.8) is 0 Å². The molecule has 0 aliphatic carbocycles. The minimum absolute atomic E-state index is 0.150. The first kappa shape index (κ1) is 21.6. The largest absolute Gasteiger partial charge is 0.326 e. The molecule has 1 amide bonds. The van der Waals surface area contributed by atoms with Crippen LogP contribution >= 0.6 is 22.7 Å². The zero-order chi connectivity index (χ0) is 21.8. The number of aromatic nitrogens is 1. The van der Waals surface area contributed by atoms with Crippen LogP contribution < -0.4 is 5.32 Å². The Balaban J connectivity index is 1.34. The van der Waals surface area contributed by atoms with Crippen LogP contribution in [0.4, 0.5) is 5.69 Å². The molecule has 0 aliphatic heterocycles. The molecule has 0 radical (unpaired) electrons. The predicted octanol–water partition coefficient (Wildman–Crippen LogP) is 5.06. The number of benzene rings is 2. The molecule has 0 saturated carbocycles. The summed E-state index contributed by atoms with van der Waals surface area (Å²) in [6.07, 6.45) is 0.667. The summed E-state index contributed by atoms with van der Waals surface area (Å²) in [5, 5.41) is 5.53. The molecule has 2 aromatic heterocycles. The van der Waals surface area contributed by atoms with Gasteiger partial charge < -0.3 is 5.32 Å². The van der Waals surface area contributed by atoms with Gasteiger partial charge in [-0.25, -0.2) is 17.7 Å². The number of nitrogens with zero attached hydrogens (tertiary/aromatic N) is 2.